The second kappa shape index (κ2) is 11.0. The molecule has 2 aromatic heterocycles. The van der Waals surface area contributed by atoms with Crippen molar-refractivity contribution in [2.45, 2.75) is 19.8 Å². The van der Waals surface area contributed by atoms with E-state index in [1.165, 1.54) is 6.42 Å². The van der Waals surface area contributed by atoms with Crippen LogP contribution < -0.4 is 4.74 Å². The van der Waals surface area contributed by atoms with Gasteiger partial charge in [0, 0.05) is 36.6 Å². The van der Waals surface area contributed by atoms with E-state index in [0.717, 1.165) is 30.6 Å². The SMILES string of the molecule is C=C(C=N/C(=C\C)OC)c1c(-c2ccc(C#N)cc2)nc(OC[C@@H]2CCCN(C)C2)n2ccnc12. The third-order valence-electron chi connectivity index (χ3n) is 6.10. The van der Waals surface area contributed by atoms with Gasteiger partial charge in [-0.2, -0.15) is 10.2 Å². The van der Waals surface area contributed by atoms with Gasteiger partial charge < -0.3 is 14.4 Å². The first-order valence-electron chi connectivity index (χ1n) is 11.7. The Morgan fingerprint density at radius 3 is 2.83 bits per heavy atom. The molecule has 1 saturated heterocycles. The zero-order chi connectivity index (χ0) is 24.8. The van der Waals surface area contributed by atoms with E-state index in [-0.39, 0.29) is 0 Å². The first-order chi connectivity index (χ1) is 17.0. The Balaban J connectivity index is 1.78. The average Bonchev–Trinajstić information content (AvgIpc) is 3.37. The van der Waals surface area contributed by atoms with Crippen molar-refractivity contribution in [2.24, 2.45) is 10.9 Å². The molecule has 0 saturated carbocycles. The van der Waals surface area contributed by atoms with Gasteiger partial charge in [-0.05, 0) is 57.1 Å². The first-order valence-corrected chi connectivity index (χ1v) is 11.7. The molecule has 0 spiro atoms. The summed E-state index contributed by atoms with van der Waals surface area (Å²) < 4.78 is 13.4. The summed E-state index contributed by atoms with van der Waals surface area (Å²) in [5, 5.41) is 9.23. The van der Waals surface area contributed by atoms with Crippen molar-refractivity contribution in [1.82, 2.24) is 19.3 Å². The molecule has 1 aliphatic heterocycles. The summed E-state index contributed by atoms with van der Waals surface area (Å²) in [4.78, 5) is 16.3. The lowest BCUT2D eigenvalue weighted by Gasteiger charge is -2.29. The lowest BCUT2D eigenvalue weighted by molar-refractivity contribution is 0.143. The number of nitrogens with zero attached hydrogens (tertiary/aromatic N) is 6. The third-order valence-corrected chi connectivity index (χ3v) is 6.10. The summed E-state index contributed by atoms with van der Waals surface area (Å²) in [6.07, 6.45) is 9.29. The van der Waals surface area contributed by atoms with Crippen LogP contribution in [0.2, 0.25) is 0 Å². The molecule has 0 aliphatic carbocycles. The van der Waals surface area contributed by atoms with Crippen molar-refractivity contribution < 1.29 is 9.47 Å². The van der Waals surface area contributed by atoms with E-state index in [0.29, 0.717) is 46.9 Å². The highest BCUT2D eigenvalue weighted by Crippen LogP contribution is 2.32. The second-order valence-electron chi connectivity index (χ2n) is 8.62. The number of hydrogen-bond acceptors (Lipinski definition) is 7. The fraction of sp³-hybridized carbons (Fsp3) is 0.333. The molecule has 1 fully saturated rings. The van der Waals surface area contributed by atoms with E-state index >= 15 is 0 Å². The number of benzene rings is 1. The van der Waals surface area contributed by atoms with Crippen molar-refractivity contribution in [3.05, 3.63) is 66.3 Å². The van der Waals surface area contributed by atoms with Crippen LogP contribution in [-0.4, -0.2) is 59.3 Å². The zero-order valence-corrected chi connectivity index (χ0v) is 20.4. The highest BCUT2D eigenvalue weighted by atomic mass is 16.5. The molecule has 3 aromatic rings. The van der Waals surface area contributed by atoms with Crippen molar-refractivity contribution in [3.8, 4) is 23.3 Å². The number of imidazole rings is 1. The molecule has 180 valence electrons. The van der Waals surface area contributed by atoms with Crippen molar-refractivity contribution >= 4 is 17.4 Å². The molecule has 0 N–H and O–H groups in total. The Kier molecular flexibility index (Phi) is 7.58. The standard InChI is InChI=1S/C27H30N6O2/c1-5-23(34-4)30-16-19(2)24-25(22-10-8-20(15-28)9-11-22)31-27(33-14-12-29-26(24)33)35-18-21-7-6-13-32(3)17-21/h5,8-12,14,16,21H,2,6-7,13,17-18H2,1,3-4H3/b23-5+,30-16?/t21-/m1/s1. The van der Waals surface area contributed by atoms with Crippen LogP contribution in [-0.2, 0) is 4.74 Å². The monoisotopic (exact) mass is 470 g/mol. The van der Waals surface area contributed by atoms with Crippen LogP contribution in [0.5, 0.6) is 6.01 Å². The van der Waals surface area contributed by atoms with Gasteiger partial charge in [0.15, 0.2) is 5.65 Å². The van der Waals surface area contributed by atoms with E-state index < -0.39 is 0 Å². The normalized spacial score (nSPS) is 17.0. The van der Waals surface area contributed by atoms with Gasteiger partial charge in [-0.1, -0.05) is 18.7 Å². The van der Waals surface area contributed by atoms with Gasteiger partial charge in [-0.25, -0.2) is 9.98 Å². The van der Waals surface area contributed by atoms with Gasteiger partial charge in [0.05, 0.1) is 36.6 Å². The molecule has 1 atom stereocenters. The fourth-order valence-electron chi connectivity index (χ4n) is 4.32. The maximum atomic E-state index is 9.23. The number of likely N-dealkylation sites (tertiary alicyclic amines) is 1. The molecular weight excluding hydrogens is 440 g/mol. The van der Waals surface area contributed by atoms with E-state index in [1.54, 1.807) is 37.7 Å². The maximum Gasteiger partial charge on any atom is 0.302 e. The van der Waals surface area contributed by atoms with Crippen LogP contribution >= 0.6 is 0 Å². The molecule has 0 amide bonds. The molecule has 1 aromatic carbocycles. The van der Waals surface area contributed by atoms with E-state index in [1.807, 2.05) is 29.7 Å². The van der Waals surface area contributed by atoms with E-state index in [9.17, 15) is 5.26 Å². The molecule has 8 heteroatoms. The van der Waals surface area contributed by atoms with Gasteiger partial charge in [0.2, 0.25) is 5.88 Å². The van der Waals surface area contributed by atoms with E-state index in [2.05, 4.69) is 34.6 Å². The number of nitriles is 1. The Morgan fingerprint density at radius 2 is 2.14 bits per heavy atom. The number of ether oxygens (including phenoxy) is 2. The number of methoxy groups -OCH3 is 1. The predicted octanol–water partition coefficient (Wildman–Crippen LogP) is 4.58. The van der Waals surface area contributed by atoms with Crippen LogP contribution in [0.15, 0.2) is 60.2 Å². The molecule has 8 nitrogen and oxygen atoms in total. The minimum Gasteiger partial charge on any atom is -0.481 e. The number of rotatable bonds is 8. The van der Waals surface area contributed by atoms with Gasteiger partial charge in [-0.15, -0.1) is 0 Å². The molecule has 4 rings (SSSR count). The Labute approximate surface area is 205 Å². The molecule has 0 bridgehead atoms. The zero-order valence-electron chi connectivity index (χ0n) is 20.4. The minimum atomic E-state index is 0.447. The number of piperidine rings is 1. The smallest absolute Gasteiger partial charge is 0.302 e. The summed E-state index contributed by atoms with van der Waals surface area (Å²) in [5.74, 6) is 0.929. The lowest BCUT2D eigenvalue weighted by atomic mass is 9.99. The van der Waals surface area contributed by atoms with Crippen LogP contribution in [0.3, 0.4) is 0 Å². The van der Waals surface area contributed by atoms with Crippen LogP contribution in [0.4, 0.5) is 0 Å². The Hall–Kier alpha value is -3.96. The Bertz CT molecular complexity index is 1300. The highest BCUT2D eigenvalue weighted by molar-refractivity contribution is 6.13. The molecule has 3 heterocycles. The van der Waals surface area contributed by atoms with Crippen molar-refractivity contribution in [3.63, 3.8) is 0 Å². The number of hydrogen-bond donors (Lipinski definition) is 0. The van der Waals surface area contributed by atoms with Crippen LogP contribution in [0.1, 0.15) is 30.9 Å². The maximum absolute atomic E-state index is 9.23. The Morgan fingerprint density at radius 1 is 1.34 bits per heavy atom. The number of aliphatic imine (C=N–C) groups is 1. The van der Waals surface area contributed by atoms with Crippen molar-refractivity contribution in [2.75, 3.05) is 33.9 Å². The quantitative estimate of drug-likeness (QED) is 0.354. The summed E-state index contributed by atoms with van der Waals surface area (Å²) in [6.45, 7) is 8.81. The highest BCUT2D eigenvalue weighted by Gasteiger charge is 2.22. The number of fused-ring (bicyclic) bond motifs is 1. The van der Waals surface area contributed by atoms with Crippen LogP contribution in [0.25, 0.3) is 22.5 Å². The van der Waals surface area contributed by atoms with Crippen LogP contribution in [0, 0.1) is 17.2 Å². The van der Waals surface area contributed by atoms with Gasteiger partial charge in [-0.3, -0.25) is 4.40 Å². The third kappa shape index (κ3) is 5.42. The van der Waals surface area contributed by atoms with Gasteiger partial charge in [0.25, 0.3) is 0 Å². The first kappa shape index (κ1) is 24.2. The molecule has 1 aliphatic rings. The predicted molar refractivity (Wildman–Crippen MR) is 137 cm³/mol. The summed E-state index contributed by atoms with van der Waals surface area (Å²) in [7, 11) is 3.72. The second-order valence-corrected chi connectivity index (χ2v) is 8.62. The van der Waals surface area contributed by atoms with Crippen molar-refractivity contribution in [1.29, 1.82) is 5.26 Å². The average molecular weight is 471 g/mol. The molecule has 0 radical (unpaired) electrons. The number of aromatic nitrogens is 3. The lowest BCUT2D eigenvalue weighted by Crippen LogP contribution is -2.35. The fourth-order valence-corrected chi connectivity index (χ4v) is 4.32. The molecule has 0 unspecified atom stereocenters. The summed E-state index contributed by atoms with van der Waals surface area (Å²) in [6, 6.07) is 9.93. The molecular formula is C27H30N6O2. The molecule has 35 heavy (non-hydrogen) atoms. The van der Waals surface area contributed by atoms with Gasteiger partial charge in [0.1, 0.15) is 0 Å². The summed E-state index contributed by atoms with van der Waals surface area (Å²) >= 11 is 0. The van der Waals surface area contributed by atoms with E-state index in [4.69, 9.17) is 14.5 Å². The van der Waals surface area contributed by atoms with Gasteiger partial charge >= 0.3 is 6.01 Å². The summed E-state index contributed by atoms with van der Waals surface area (Å²) in [5.41, 5.74) is 4.11. The topological polar surface area (TPSA) is 88.0 Å². The number of allylic oxidation sites excluding steroid dienone is 2. The minimum absolute atomic E-state index is 0.447. The largest absolute Gasteiger partial charge is 0.481 e.